The fraction of sp³-hybridized carbons (Fsp3) is 0.923. The van der Waals surface area contributed by atoms with Crippen molar-refractivity contribution in [1.29, 1.82) is 0 Å². The molecule has 4 heteroatoms. The Morgan fingerprint density at radius 3 is 2.82 bits per heavy atom. The molecular weight excluding hydrogens is 214 g/mol. The van der Waals surface area contributed by atoms with Crippen molar-refractivity contribution in [2.75, 3.05) is 40.3 Å². The Morgan fingerprint density at radius 1 is 1.29 bits per heavy atom. The van der Waals surface area contributed by atoms with E-state index in [-0.39, 0.29) is 5.92 Å². The van der Waals surface area contributed by atoms with Gasteiger partial charge in [0.05, 0.1) is 5.92 Å². The fourth-order valence-corrected chi connectivity index (χ4v) is 2.99. The first kappa shape index (κ1) is 12.8. The molecule has 2 saturated heterocycles. The maximum Gasteiger partial charge on any atom is 0.227 e. The third-order valence-corrected chi connectivity index (χ3v) is 4.18. The average Bonchev–Trinajstić information content (AvgIpc) is 2.60. The molecule has 2 aliphatic heterocycles. The molecule has 2 heterocycles. The molecule has 2 atom stereocenters. The van der Waals surface area contributed by atoms with Gasteiger partial charge < -0.3 is 15.1 Å². The van der Waals surface area contributed by atoms with Crippen LogP contribution >= 0.6 is 0 Å². The quantitative estimate of drug-likeness (QED) is 0.764. The fourth-order valence-electron chi connectivity index (χ4n) is 2.99. The minimum atomic E-state index is 0.237. The van der Waals surface area contributed by atoms with Crippen molar-refractivity contribution in [3.63, 3.8) is 0 Å². The van der Waals surface area contributed by atoms with E-state index in [0.717, 1.165) is 45.4 Å². The molecule has 2 fully saturated rings. The molecule has 98 valence electrons. The van der Waals surface area contributed by atoms with E-state index in [9.17, 15) is 4.79 Å². The zero-order valence-corrected chi connectivity index (χ0v) is 11.1. The zero-order valence-electron chi connectivity index (χ0n) is 11.1. The first-order valence-electron chi connectivity index (χ1n) is 6.84. The van der Waals surface area contributed by atoms with Crippen LogP contribution < -0.4 is 5.32 Å². The Labute approximate surface area is 104 Å². The Hall–Kier alpha value is -0.610. The van der Waals surface area contributed by atoms with Gasteiger partial charge in [-0.25, -0.2) is 0 Å². The van der Waals surface area contributed by atoms with Crippen LogP contribution in [0.2, 0.25) is 0 Å². The highest BCUT2D eigenvalue weighted by Gasteiger charge is 2.31. The molecule has 0 aromatic heterocycles. The Bertz CT molecular complexity index is 261. The van der Waals surface area contributed by atoms with Crippen LogP contribution in [-0.4, -0.2) is 62.0 Å². The molecule has 0 radical (unpaired) electrons. The number of likely N-dealkylation sites (tertiary alicyclic amines) is 1. The van der Waals surface area contributed by atoms with Crippen LogP contribution in [0.15, 0.2) is 0 Å². The number of rotatable bonds is 2. The van der Waals surface area contributed by atoms with Crippen LogP contribution in [0.4, 0.5) is 0 Å². The smallest absolute Gasteiger partial charge is 0.227 e. The van der Waals surface area contributed by atoms with Gasteiger partial charge in [-0.3, -0.25) is 4.79 Å². The van der Waals surface area contributed by atoms with Gasteiger partial charge in [-0.1, -0.05) is 0 Å². The van der Waals surface area contributed by atoms with Crippen LogP contribution in [0.1, 0.15) is 25.7 Å². The van der Waals surface area contributed by atoms with Crippen LogP contribution in [0.25, 0.3) is 0 Å². The predicted molar refractivity (Wildman–Crippen MR) is 68.9 cm³/mol. The highest BCUT2D eigenvalue weighted by molar-refractivity contribution is 5.79. The Morgan fingerprint density at radius 2 is 2.12 bits per heavy atom. The third kappa shape index (κ3) is 3.19. The molecule has 17 heavy (non-hydrogen) atoms. The van der Waals surface area contributed by atoms with E-state index >= 15 is 0 Å². The molecule has 1 amide bonds. The van der Waals surface area contributed by atoms with Gasteiger partial charge in [-0.15, -0.1) is 0 Å². The molecule has 0 bridgehead atoms. The summed E-state index contributed by atoms with van der Waals surface area (Å²) in [5.41, 5.74) is 0. The highest BCUT2D eigenvalue weighted by Crippen LogP contribution is 2.20. The summed E-state index contributed by atoms with van der Waals surface area (Å²) in [5.74, 6) is 0.600. The SMILES string of the molecule is CN1CCC(C(=O)N(C)C2CCCNCC2)C1. The van der Waals surface area contributed by atoms with Crippen molar-refractivity contribution in [2.24, 2.45) is 5.92 Å². The summed E-state index contributed by atoms with van der Waals surface area (Å²) < 4.78 is 0. The summed E-state index contributed by atoms with van der Waals surface area (Å²) in [6.07, 6.45) is 4.47. The molecule has 0 aliphatic carbocycles. The maximum absolute atomic E-state index is 12.4. The van der Waals surface area contributed by atoms with Gasteiger partial charge in [0, 0.05) is 19.6 Å². The number of hydrogen-bond donors (Lipinski definition) is 1. The van der Waals surface area contributed by atoms with Gasteiger partial charge in [0.15, 0.2) is 0 Å². The van der Waals surface area contributed by atoms with Crippen molar-refractivity contribution in [3.8, 4) is 0 Å². The van der Waals surface area contributed by atoms with E-state index in [1.807, 2.05) is 11.9 Å². The van der Waals surface area contributed by atoms with Gasteiger partial charge in [0.1, 0.15) is 0 Å². The largest absolute Gasteiger partial charge is 0.342 e. The van der Waals surface area contributed by atoms with Crippen molar-refractivity contribution in [3.05, 3.63) is 0 Å². The van der Waals surface area contributed by atoms with E-state index in [1.165, 1.54) is 6.42 Å². The summed E-state index contributed by atoms with van der Waals surface area (Å²) in [5, 5.41) is 3.40. The summed E-state index contributed by atoms with van der Waals surface area (Å²) in [6.45, 7) is 4.15. The second-order valence-electron chi connectivity index (χ2n) is 5.53. The molecule has 2 aliphatic rings. The lowest BCUT2D eigenvalue weighted by atomic mass is 10.0. The molecule has 2 unspecified atom stereocenters. The molecule has 0 saturated carbocycles. The van der Waals surface area contributed by atoms with Crippen LogP contribution in [-0.2, 0) is 4.79 Å². The first-order valence-corrected chi connectivity index (χ1v) is 6.84. The number of carbonyl (C=O) groups is 1. The third-order valence-electron chi connectivity index (χ3n) is 4.18. The van der Waals surface area contributed by atoms with Gasteiger partial charge in [-0.2, -0.15) is 0 Å². The zero-order chi connectivity index (χ0) is 12.3. The first-order chi connectivity index (χ1) is 8.18. The normalized spacial score (nSPS) is 31.2. The maximum atomic E-state index is 12.4. The molecule has 4 nitrogen and oxygen atoms in total. The summed E-state index contributed by atoms with van der Waals surface area (Å²) in [4.78, 5) is 16.7. The van der Waals surface area contributed by atoms with Gasteiger partial charge in [-0.05, 0) is 52.4 Å². The Balaban J connectivity index is 1.89. The van der Waals surface area contributed by atoms with Gasteiger partial charge >= 0.3 is 0 Å². The lowest BCUT2D eigenvalue weighted by Crippen LogP contribution is -2.41. The number of nitrogens with zero attached hydrogens (tertiary/aromatic N) is 2. The van der Waals surface area contributed by atoms with Crippen molar-refractivity contribution < 1.29 is 4.79 Å². The lowest BCUT2D eigenvalue weighted by Gasteiger charge is -2.29. The van der Waals surface area contributed by atoms with Crippen molar-refractivity contribution >= 4 is 5.91 Å². The topological polar surface area (TPSA) is 35.6 Å². The van der Waals surface area contributed by atoms with Crippen molar-refractivity contribution in [1.82, 2.24) is 15.1 Å². The van der Waals surface area contributed by atoms with Crippen LogP contribution in [0.5, 0.6) is 0 Å². The summed E-state index contributed by atoms with van der Waals surface area (Å²) in [6, 6.07) is 0.448. The second-order valence-corrected chi connectivity index (χ2v) is 5.53. The number of carbonyl (C=O) groups excluding carboxylic acids is 1. The molecular formula is C13H25N3O. The molecule has 0 aromatic carbocycles. The van der Waals surface area contributed by atoms with E-state index in [0.29, 0.717) is 11.9 Å². The minimum absolute atomic E-state index is 0.237. The van der Waals surface area contributed by atoms with Crippen LogP contribution in [0, 0.1) is 5.92 Å². The lowest BCUT2D eigenvalue weighted by molar-refractivity contribution is -0.136. The van der Waals surface area contributed by atoms with E-state index < -0.39 is 0 Å². The molecule has 2 rings (SSSR count). The van der Waals surface area contributed by atoms with E-state index in [4.69, 9.17) is 0 Å². The van der Waals surface area contributed by atoms with E-state index in [2.05, 4.69) is 17.3 Å². The van der Waals surface area contributed by atoms with Gasteiger partial charge in [0.25, 0.3) is 0 Å². The van der Waals surface area contributed by atoms with E-state index in [1.54, 1.807) is 0 Å². The number of nitrogens with one attached hydrogen (secondary N) is 1. The standard InChI is InChI=1S/C13H25N3O/c1-15-9-6-11(10-15)13(17)16(2)12-4-3-7-14-8-5-12/h11-12,14H,3-10H2,1-2H3. The number of amides is 1. The van der Waals surface area contributed by atoms with Crippen molar-refractivity contribution in [2.45, 2.75) is 31.7 Å². The monoisotopic (exact) mass is 239 g/mol. The second kappa shape index (κ2) is 5.83. The van der Waals surface area contributed by atoms with Gasteiger partial charge in [0.2, 0.25) is 5.91 Å². The Kier molecular flexibility index (Phi) is 4.40. The summed E-state index contributed by atoms with van der Waals surface area (Å²) >= 11 is 0. The average molecular weight is 239 g/mol. The van der Waals surface area contributed by atoms with Crippen LogP contribution in [0.3, 0.4) is 0 Å². The molecule has 0 aromatic rings. The summed E-state index contributed by atoms with van der Waals surface area (Å²) in [7, 11) is 4.10. The minimum Gasteiger partial charge on any atom is -0.342 e. The highest BCUT2D eigenvalue weighted by atomic mass is 16.2. The predicted octanol–water partition coefficient (Wildman–Crippen LogP) is 0.539. The molecule has 0 spiro atoms. The molecule has 1 N–H and O–H groups in total. The number of hydrogen-bond acceptors (Lipinski definition) is 3.